The lowest BCUT2D eigenvalue weighted by molar-refractivity contribution is 0.0690. The Hall–Kier alpha value is -2.11. The van der Waals surface area contributed by atoms with Crippen LogP contribution in [0.15, 0.2) is 18.3 Å². The average Bonchev–Trinajstić information content (AvgIpc) is 2.03. The standard InChI is InChI=1S/C7H6N2O4/c10-6(11)5-3-4(1-2-8-5)9-7(12)13/h1-3H,(H,8,9)(H,10,11)(H,12,13). The van der Waals surface area contributed by atoms with Crippen LogP contribution in [0.2, 0.25) is 0 Å². The van der Waals surface area contributed by atoms with Gasteiger partial charge in [0.25, 0.3) is 0 Å². The predicted octanol–water partition coefficient (Wildman–Crippen LogP) is 0.870. The van der Waals surface area contributed by atoms with Gasteiger partial charge in [-0.3, -0.25) is 5.32 Å². The largest absolute Gasteiger partial charge is 0.477 e. The first-order chi connectivity index (χ1) is 6.09. The average molecular weight is 182 g/mol. The maximum Gasteiger partial charge on any atom is 0.409 e. The van der Waals surface area contributed by atoms with Gasteiger partial charge >= 0.3 is 12.1 Å². The van der Waals surface area contributed by atoms with Crippen molar-refractivity contribution in [3.63, 3.8) is 0 Å². The number of rotatable bonds is 2. The van der Waals surface area contributed by atoms with Crippen molar-refractivity contribution in [2.24, 2.45) is 0 Å². The van der Waals surface area contributed by atoms with Gasteiger partial charge in [0.05, 0.1) is 0 Å². The van der Waals surface area contributed by atoms with Gasteiger partial charge in [0.1, 0.15) is 5.69 Å². The van der Waals surface area contributed by atoms with E-state index in [4.69, 9.17) is 10.2 Å². The molecule has 0 aromatic carbocycles. The Morgan fingerprint density at radius 1 is 1.38 bits per heavy atom. The van der Waals surface area contributed by atoms with E-state index >= 15 is 0 Å². The molecule has 0 radical (unpaired) electrons. The lowest BCUT2D eigenvalue weighted by atomic mass is 10.3. The number of pyridine rings is 1. The summed E-state index contributed by atoms with van der Waals surface area (Å²) < 4.78 is 0. The zero-order valence-corrected chi connectivity index (χ0v) is 6.39. The fraction of sp³-hybridized carbons (Fsp3) is 0. The van der Waals surface area contributed by atoms with E-state index in [0.29, 0.717) is 0 Å². The molecule has 6 heteroatoms. The molecule has 1 aromatic heterocycles. The molecule has 1 heterocycles. The predicted molar refractivity (Wildman–Crippen MR) is 42.8 cm³/mol. The molecule has 0 bridgehead atoms. The highest BCUT2D eigenvalue weighted by molar-refractivity contribution is 5.89. The number of hydrogen-bond donors (Lipinski definition) is 3. The Morgan fingerprint density at radius 3 is 2.62 bits per heavy atom. The highest BCUT2D eigenvalue weighted by Crippen LogP contribution is 2.07. The van der Waals surface area contributed by atoms with Crippen LogP contribution in [0.5, 0.6) is 0 Å². The van der Waals surface area contributed by atoms with Crippen molar-refractivity contribution < 1.29 is 19.8 Å². The SMILES string of the molecule is O=C(O)Nc1ccnc(C(=O)O)c1. The molecule has 0 aliphatic rings. The summed E-state index contributed by atoms with van der Waals surface area (Å²) in [4.78, 5) is 24.1. The first-order valence-corrected chi connectivity index (χ1v) is 3.29. The fourth-order valence-corrected chi connectivity index (χ4v) is 0.749. The summed E-state index contributed by atoms with van der Waals surface area (Å²) in [6.07, 6.45) is -0.0307. The Labute approximate surface area is 72.8 Å². The molecular formula is C7H6N2O4. The van der Waals surface area contributed by atoms with Crippen molar-refractivity contribution in [1.29, 1.82) is 0 Å². The number of nitrogens with zero attached hydrogens (tertiary/aromatic N) is 1. The number of amides is 1. The van der Waals surface area contributed by atoms with Crippen molar-refractivity contribution in [1.82, 2.24) is 4.98 Å². The molecule has 0 saturated carbocycles. The topological polar surface area (TPSA) is 99.5 Å². The van der Waals surface area contributed by atoms with Crippen LogP contribution in [-0.4, -0.2) is 27.3 Å². The lowest BCUT2D eigenvalue weighted by Crippen LogP contribution is -2.08. The monoisotopic (exact) mass is 182 g/mol. The van der Waals surface area contributed by atoms with Gasteiger partial charge in [-0.15, -0.1) is 0 Å². The van der Waals surface area contributed by atoms with Crippen LogP contribution in [0.25, 0.3) is 0 Å². The minimum atomic E-state index is -1.25. The van der Waals surface area contributed by atoms with Gasteiger partial charge in [0, 0.05) is 11.9 Å². The van der Waals surface area contributed by atoms with Crippen LogP contribution in [0.1, 0.15) is 10.5 Å². The summed E-state index contributed by atoms with van der Waals surface area (Å²) in [5, 5.41) is 18.8. The van der Waals surface area contributed by atoms with Gasteiger partial charge in [-0.05, 0) is 12.1 Å². The highest BCUT2D eigenvalue weighted by atomic mass is 16.4. The molecule has 6 nitrogen and oxygen atoms in total. The number of aromatic carboxylic acids is 1. The lowest BCUT2D eigenvalue weighted by Gasteiger charge is -1.99. The molecule has 1 rings (SSSR count). The first kappa shape index (κ1) is 8.98. The molecule has 1 aromatic rings. The van der Waals surface area contributed by atoms with Crippen molar-refractivity contribution in [2.75, 3.05) is 5.32 Å². The van der Waals surface area contributed by atoms with Gasteiger partial charge in [-0.2, -0.15) is 0 Å². The van der Waals surface area contributed by atoms with Gasteiger partial charge < -0.3 is 10.2 Å². The third kappa shape index (κ3) is 2.44. The molecule has 0 fully saturated rings. The van der Waals surface area contributed by atoms with E-state index < -0.39 is 12.1 Å². The molecule has 0 unspecified atom stereocenters. The minimum absolute atomic E-state index is 0.180. The number of nitrogens with one attached hydrogen (secondary N) is 1. The molecule has 0 aliphatic carbocycles. The van der Waals surface area contributed by atoms with E-state index in [1.807, 2.05) is 5.32 Å². The summed E-state index contributed by atoms with van der Waals surface area (Å²) in [5.74, 6) is -1.20. The number of aromatic nitrogens is 1. The molecule has 1 amide bonds. The number of anilines is 1. The van der Waals surface area contributed by atoms with Gasteiger partial charge in [-0.1, -0.05) is 0 Å². The van der Waals surface area contributed by atoms with Crippen LogP contribution in [0, 0.1) is 0 Å². The van der Waals surface area contributed by atoms with Gasteiger partial charge in [0.15, 0.2) is 0 Å². The molecule has 0 atom stereocenters. The smallest absolute Gasteiger partial charge is 0.409 e. The van der Waals surface area contributed by atoms with Gasteiger partial charge in [-0.25, -0.2) is 14.6 Å². The molecule has 0 spiro atoms. The van der Waals surface area contributed by atoms with Gasteiger partial charge in [0.2, 0.25) is 0 Å². The zero-order valence-electron chi connectivity index (χ0n) is 6.39. The third-order valence-electron chi connectivity index (χ3n) is 1.23. The summed E-state index contributed by atoms with van der Waals surface area (Å²) in [7, 11) is 0. The van der Waals surface area contributed by atoms with E-state index in [1.54, 1.807) is 0 Å². The number of carboxylic acid groups (broad SMARTS) is 2. The number of carboxylic acids is 1. The van der Waals surface area contributed by atoms with E-state index in [1.165, 1.54) is 12.3 Å². The quantitative estimate of drug-likeness (QED) is 0.630. The second kappa shape index (κ2) is 3.53. The van der Waals surface area contributed by atoms with E-state index in [2.05, 4.69) is 4.98 Å². The van der Waals surface area contributed by atoms with Crippen LogP contribution < -0.4 is 5.32 Å². The summed E-state index contributed by atoms with van der Waals surface area (Å²) in [6, 6.07) is 2.50. The second-order valence-corrected chi connectivity index (χ2v) is 2.17. The maximum absolute atomic E-state index is 10.4. The van der Waals surface area contributed by atoms with Crippen LogP contribution in [-0.2, 0) is 0 Å². The normalized spacial score (nSPS) is 9.23. The van der Waals surface area contributed by atoms with E-state index in [9.17, 15) is 9.59 Å². The summed E-state index contributed by atoms with van der Waals surface area (Å²) >= 11 is 0. The van der Waals surface area contributed by atoms with Crippen molar-refractivity contribution in [3.05, 3.63) is 24.0 Å². The molecule has 68 valence electrons. The zero-order chi connectivity index (χ0) is 9.84. The highest BCUT2D eigenvalue weighted by Gasteiger charge is 2.05. The fourth-order valence-electron chi connectivity index (χ4n) is 0.749. The van der Waals surface area contributed by atoms with E-state index in [-0.39, 0.29) is 11.4 Å². The van der Waals surface area contributed by atoms with Crippen molar-refractivity contribution in [2.45, 2.75) is 0 Å². The van der Waals surface area contributed by atoms with E-state index in [0.717, 1.165) is 6.07 Å². The van der Waals surface area contributed by atoms with Crippen molar-refractivity contribution >= 4 is 17.7 Å². The summed E-state index contributed by atoms with van der Waals surface area (Å²) in [6.45, 7) is 0. The Bertz CT molecular complexity index is 350. The second-order valence-electron chi connectivity index (χ2n) is 2.17. The Morgan fingerprint density at radius 2 is 2.08 bits per heavy atom. The summed E-state index contributed by atoms with van der Waals surface area (Å²) in [5.41, 5.74) is -0.0221. The molecule has 13 heavy (non-hydrogen) atoms. The van der Waals surface area contributed by atoms with Crippen LogP contribution in [0.3, 0.4) is 0 Å². The van der Waals surface area contributed by atoms with Crippen LogP contribution in [0.4, 0.5) is 10.5 Å². The third-order valence-corrected chi connectivity index (χ3v) is 1.23. The minimum Gasteiger partial charge on any atom is -0.477 e. The first-order valence-electron chi connectivity index (χ1n) is 3.29. The number of hydrogen-bond acceptors (Lipinski definition) is 3. The number of carbonyl (C=O) groups is 2. The maximum atomic E-state index is 10.4. The molecule has 0 saturated heterocycles. The van der Waals surface area contributed by atoms with Crippen LogP contribution >= 0.6 is 0 Å². The Balaban J connectivity index is 2.91. The molecular weight excluding hydrogens is 176 g/mol. The Kier molecular flexibility index (Phi) is 2.44. The molecule has 0 aliphatic heterocycles. The molecule has 3 N–H and O–H groups in total. The van der Waals surface area contributed by atoms with Crippen molar-refractivity contribution in [3.8, 4) is 0 Å².